The summed E-state index contributed by atoms with van der Waals surface area (Å²) in [6.45, 7) is 14.4. The van der Waals surface area contributed by atoms with E-state index in [0.717, 1.165) is 32.6 Å². The standard InChI is InChI=1S/C11H24N2/c1-5-7-8-13(6-2)10-11(3,4)9-12/h5H,1,6-10,12H2,2-4H3. The van der Waals surface area contributed by atoms with Crippen molar-refractivity contribution in [3.05, 3.63) is 12.7 Å². The second-order valence-corrected chi connectivity index (χ2v) is 4.31. The van der Waals surface area contributed by atoms with Crippen molar-refractivity contribution >= 4 is 0 Å². The average molecular weight is 184 g/mol. The highest BCUT2D eigenvalue weighted by Gasteiger charge is 2.18. The number of nitrogens with zero attached hydrogens (tertiary/aromatic N) is 1. The largest absolute Gasteiger partial charge is 0.330 e. The number of rotatable bonds is 7. The van der Waals surface area contributed by atoms with Crippen LogP contribution >= 0.6 is 0 Å². The van der Waals surface area contributed by atoms with Gasteiger partial charge in [0.25, 0.3) is 0 Å². The molecule has 0 heterocycles. The third-order valence-electron chi connectivity index (χ3n) is 2.30. The summed E-state index contributed by atoms with van der Waals surface area (Å²) in [5.74, 6) is 0. The molecule has 0 radical (unpaired) electrons. The van der Waals surface area contributed by atoms with Crippen LogP contribution in [0, 0.1) is 5.41 Å². The van der Waals surface area contributed by atoms with Crippen LogP contribution in [0.15, 0.2) is 12.7 Å². The Morgan fingerprint density at radius 2 is 2.08 bits per heavy atom. The quantitative estimate of drug-likeness (QED) is 0.612. The molecule has 0 aliphatic carbocycles. The molecule has 0 aromatic rings. The van der Waals surface area contributed by atoms with Crippen molar-refractivity contribution in [3.63, 3.8) is 0 Å². The first-order chi connectivity index (χ1) is 6.05. The van der Waals surface area contributed by atoms with Crippen molar-refractivity contribution in [1.29, 1.82) is 0 Å². The molecule has 0 unspecified atom stereocenters. The van der Waals surface area contributed by atoms with Gasteiger partial charge in [-0.3, -0.25) is 0 Å². The van der Waals surface area contributed by atoms with Crippen molar-refractivity contribution in [2.24, 2.45) is 11.1 Å². The Morgan fingerprint density at radius 3 is 2.46 bits per heavy atom. The summed E-state index contributed by atoms with van der Waals surface area (Å²) in [6.07, 6.45) is 3.03. The van der Waals surface area contributed by atoms with Crippen molar-refractivity contribution < 1.29 is 0 Å². The number of hydrogen-bond donors (Lipinski definition) is 1. The van der Waals surface area contributed by atoms with Crippen LogP contribution in [0.5, 0.6) is 0 Å². The zero-order chi connectivity index (χ0) is 10.3. The van der Waals surface area contributed by atoms with E-state index in [1.54, 1.807) is 0 Å². The van der Waals surface area contributed by atoms with Crippen LogP contribution in [0.2, 0.25) is 0 Å². The third kappa shape index (κ3) is 5.83. The molecule has 0 rings (SSSR count). The van der Waals surface area contributed by atoms with Crippen LogP contribution in [-0.4, -0.2) is 31.1 Å². The van der Waals surface area contributed by atoms with E-state index in [-0.39, 0.29) is 5.41 Å². The van der Waals surface area contributed by atoms with Gasteiger partial charge in [0.1, 0.15) is 0 Å². The molecule has 2 N–H and O–H groups in total. The zero-order valence-electron chi connectivity index (χ0n) is 9.34. The number of nitrogens with two attached hydrogens (primary N) is 1. The summed E-state index contributed by atoms with van der Waals surface area (Å²) in [5.41, 5.74) is 5.92. The minimum atomic E-state index is 0.233. The maximum absolute atomic E-state index is 5.69. The summed E-state index contributed by atoms with van der Waals surface area (Å²) >= 11 is 0. The van der Waals surface area contributed by atoms with Gasteiger partial charge in [0.2, 0.25) is 0 Å². The lowest BCUT2D eigenvalue weighted by molar-refractivity contribution is 0.193. The van der Waals surface area contributed by atoms with E-state index in [9.17, 15) is 0 Å². The molecule has 0 fully saturated rings. The SMILES string of the molecule is C=CCCN(CC)CC(C)(C)CN. The van der Waals surface area contributed by atoms with Gasteiger partial charge in [0, 0.05) is 13.1 Å². The highest BCUT2D eigenvalue weighted by molar-refractivity contribution is 4.76. The molecule has 0 atom stereocenters. The fraction of sp³-hybridized carbons (Fsp3) is 0.818. The Balaban J connectivity index is 3.88. The van der Waals surface area contributed by atoms with Crippen LogP contribution in [0.25, 0.3) is 0 Å². The van der Waals surface area contributed by atoms with E-state index < -0.39 is 0 Å². The second-order valence-electron chi connectivity index (χ2n) is 4.31. The molecule has 78 valence electrons. The maximum Gasteiger partial charge on any atom is 0.00448 e. The van der Waals surface area contributed by atoms with Crippen LogP contribution in [0.4, 0.5) is 0 Å². The molecule has 0 aliphatic rings. The first-order valence-corrected chi connectivity index (χ1v) is 5.09. The predicted octanol–water partition coefficient (Wildman–Crippen LogP) is 1.87. The first-order valence-electron chi connectivity index (χ1n) is 5.09. The zero-order valence-corrected chi connectivity index (χ0v) is 9.34. The van der Waals surface area contributed by atoms with Crippen LogP contribution in [0.1, 0.15) is 27.2 Å². The molecule has 0 amide bonds. The van der Waals surface area contributed by atoms with Gasteiger partial charge in [0.15, 0.2) is 0 Å². The van der Waals surface area contributed by atoms with E-state index in [0.29, 0.717) is 0 Å². The molecule has 2 heteroatoms. The Kier molecular flexibility index (Phi) is 6.00. The van der Waals surface area contributed by atoms with Crippen molar-refractivity contribution in [1.82, 2.24) is 4.90 Å². The molecule has 0 aromatic carbocycles. The molecule has 0 bridgehead atoms. The molecule has 0 aromatic heterocycles. The molecule has 13 heavy (non-hydrogen) atoms. The fourth-order valence-corrected chi connectivity index (χ4v) is 1.29. The predicted molar refractivity (Wildman–Crippen MR) is 59.8 cm³/mol. The lowest BCUT2D eigenvalue weighted by Crippen LogP contribution is -2.39. The van der Waals surface area contributed by atoms with Crippen molar-refractivity contribution in [2.45, 2.75) is 27.2 Å². The summed E-state index contributed by atoms with van der Waals surface area (Å²) in [5, 5.41) is 0. The average Bonchev–Trinajstić information content (AvgIpc) is 2.12. The lowest BCUT2D eigenvalue weighted by Gasteiger charge is -2.30. The molecule has 2 nitrogen and oxygen atoms in total. The molecular formula is C11H24N2. The van der Waals surface area contributed by atoms with Crippen molar-refractivity contribution in [3.8, 4) is 0 Å². The highest BCUT2D eigenvalue weighted by atomic mass is 15.1. The topological polar surface area (TPSA) is 29.3 Å². The van der Waals surface area contributed by atoms with Crippen LogP contribution in [0.3, 0.4) is 0 Å². The first kappa shape index (κ1) is 12.7. The monoisotopic (exact) mass is 184 g/mol. The minimum Gasteiger partial charge on any atom is -0.330 e. The van der Waals surface area contributed by atoms with Gasteiger partial charge in [-0.15, -0.1) is 6.58 Å². The van der Waals surface area contributed by atoms with Gasteiger partial charge in [-0.2, -0.15) is 0 Å². The summed E-state index contributed by atoms with van der Waals surface area (Å²) in [4.78, 5) is 2.43. The van der Waals surface area contributed by atoms with E-state index in [2.05, 4.69) is 32.3 Å². The van der Waals surface area contributed by atoms with Gasteiger partial charge in [-0.25, -0.2) is 0 Å². The second kappa shape index (κ2) is 6.17. The molecule has 0 saturated heterocycles. The highest BCUT2D eigenvalue weighted by Crippen LogP contribution is 2.14. The van der Waals surface area contributed by atoms with Gasteiger partial charge >= 0.3 is 0 Å². The van der Waals surface area contributed by atoms with E-state index >= 15 is 0 Å². The smallest absolute Gasteiger partial charge is 0.00448 e. The molecule has 0 saturated carbocycles. The summed E-state index contributed by atoms with van der Waals surface area (Å²) < 4.78 is 0. The Bertz CT molecular complexity index is 141. The normalized spacial score (nSPS) is 12.1. The molecular weight excluding hydrogens is 160 g/mol. The number of hydrogen-bond acceptors (Lipinski definition) is 2. The Hall–Kier alpha value is -0.340. The molecule has 0 aliphatic heterocycles. The Labute approximate surface area is 82.8 Å². The summed E-state index contributed by atoms with van der Waals surface area (Å²) in [6, 6.07) is 0. The van der Waals surface area contributed by atoms with Gasteiger partial charge in [0.05, 0.1) is 0 Å². The minimum absolute atomic E-state index is 0.233. The Morgan fingerprint density at radius 1 is 1.46 bits per heavy atom. The van der Waals surface area contributed by atoms with Crippen LogP contribution < -0.4 is 5.73 Å². The van der Waals surface area contributed by atoms with E-state index in [1.807, 2.05) is 6.08 Å². The van der Waals surface area contributed by atoms with E-state index in [1.165, 1.54) is 0 Å². The third-order valence-corrected chi connectivity index (χ3v) is 2.30. The molecule has 0 spiro atoms. The van der Waals surface area contributed by atoms with Gasteiger partial charge < -0.3 is 10.6 Å². The van der Waals surface area contributed by atoms with Gasteiger partial charge in [-0.05, 0) is 24.9 Å². The van der Waals surface area contributed by atoms with Crippen LogP contribution in [-0.2, 0) is 0 Å². The lowest BCUT2D eigenvalue weighted by atomic mass is 9.93. The maximum atomic E-state index is 5.69. The van der Waals surface area contributed by atoms with Gasteiger partial charge in [-0.1, -0.05) is 26.8 Å². The van der Waals surface area contributed by atoms with E-state index in [4.69, 9.17) is 5.73 Å². The fourth-order valence-electron chi connectivity index (χ4n) is 1.29. The summed E-state index contributed by atoms with van der Waals surface area (Å²) in [7, 11) is 0. The van der Waals surface area contributed by atoms with Crippen molar-refractivity contribution in [2.75, 3.05) is 26.2 Å².